The Hall–Kier alpha value is -2.11. The fourth-order valence-electron chi connectivity index (χ4n) is 0.881. The van der Waals surface area contributed by atoms with Crippen molar-refractivity contribution in [3.8, 4) is 0 Å². The first kappa shape index (κ1) is 11.0. The topological polar surface area (TPSA) is 89.6 Å². The average Bonchev–Trinajstić information content (AvgIpc) is 2.18. The van der Waals surface area contributed by atoms with Crippen molar-refractivity contribution in [1.82, 2.24) is 0 Å². The van der Waals surface area contributed by atoms with E-state index < -0.39 is 24.4 Å². The Bertz CT molecular complexity index is 405. The van der Waals surface area contributed by atoms with Crippen molar-refractivity contribution < 1.29 is 23.8 Å². The van der Waals surface area contributed by atoms with E-state index in [2.05, 4.69) is 4.74 Å². The predicted molar refractivity (Wildman–Crippen MR) is 48.7 cm³/mol. The highest BCUT2D eigenvalue weighted by molar-refractivity contribution is 5.91. The Labute approximate surface area is 84.3 Å². The predicted octanol–water partition coefficient (Wildman–Crippen LogP) is 0.649. The Morgan fingerprint density at radius 2 is 2.13 bits per heavy atom. The average molecular weight is 213 g/mol. The van der Waals surface area contributed by atoms with Crippen molar-refractivity contribution in [3.05, 3.63) is 29.6 Å². The van der Waals surface area contributed by atoms with Crippen LogP contribution in [0.1, 0.15) is 10.4 Å². The molecule has 0 fully saturated rings. The number of carbonyl (C=O) groups is 2. The maximum atomic E-state index is 12.7. The molecule has 0 aliphatic rings. The van der Waals surface area contributed by atoms with E-state index in [9.17, 15) is 14.0 Å². The van der Waals surface area contributed by atoms with Crippen molar-refractivity contribution in [3.63, 3.8) is 0 Å². The van der Waals surface area contributed by atoms with E-state index in [0.29, 0.717) is 0 Å². The van der Waals surface area contributed by atoms with Gasteiger partial charge in [-0.1, -0.05) is 0 Å². The normalized spacial score (nSPS) is 9.67. The van der Waals surface area contributed by atoms with Crippen molar-refractivity contribution >= 4 is 17.6 Å². The Kier molecular flexibility index (Phi) is 3.22. The highest BCUT2D eigenvalue weighted by atomic mass is 19.1. The number of halogens is 1. The second kappa shape index (κ2) is 4.41. The minimum Gasteiger partial charge on any atom is -0.479 e. The summed E-state index contributed by atoms with van der Waals surface area (Å²) in [4.78, 5) is 21.2. The number of nitrogen functional groups attached to an aromatic ring is 1. The van der Waals surface area contributed by atoms with Gasteiger partial charge in [0.1, 0.15) is 5.82 Å². The number of hydrogen-bond donors (Lipinski definition) is 2. The summed E-state index contributed by atoms with van der Waals surface area (Å²) >= 11 is 0. The van der Waals surface area contributed by atoms with Crippen LogP contribution < -0.4 is 5.73 Å². The van der Waals surface area contributed by atoms with Crippen molar-refractivity contribution in [2.45, 2.75) is 0 Å². The van der Waals surface area contributed by atoms with Crippen LogP contribution in [0, 0.1) is 5.82 Å². The lowest BCUT2D eigenvalue weighted by Crippen LogP contribution is -2.13. The van der Waals surface area contributed by atoms with Gasteiger partial charge in [0.2, 0.25) is 0 Å². The molecule has 0 unspecified atom stereocenters. The number of benzene rings is 1. The molecule has 0 heterocycles. The molecule has 80 valence electrons. The molecule has 0 aliphatic carbocycles. The molecule has 0 spiro atoms. The van der Waals surface area contributed by atoms with E-state index in [4.69, 9.17) is 10.8 Å². The quantitative estimate of drug-likeness (QED) is 0.568. The number of carbonyl (C=O) groups excluding carboxylic acids is 1. The van der Waals surface area contributed by atoms with Gasteiger partial charge in [-0.3, -0.25) is 0 Å². The summed E-state index contributed by atoms with van der Waals surface area (Å²) in [5.74, 6) is -2.77. The second-order valence-electron chi connectivity index (χ2n) is 2.71. The first-order chi connectivity index (χ1) is 7.00. The molecule has 3 N–H and O–H groups in total. The molecule has 1 aromatic carbocycles. The number of aliphatic carboxylic acids is 1. The Morgan fingerprint density at radius 3 is 2.67 bits per heavy atom. The van der Waals surface area contributed by atoms with Crippen LogP contribution in [-0.4, -0.2) is 23.7 Å². The molecule has 0 bridgehead atoms. The van der Waals surface area contributed by atoms with Crippen LogP contribution in [0.15, 0.2) is 18.2 Å². The van der Waals surface area contributed by atoms with E-state index in [0.717, 1.165) is 18.2 Å². The number of carboxylic acids is 1. The summed E-state index contributed by atoms with van der Waals surface area (Å²) in [6.07, 6.45) is 0. The third-order valence-corrected chi connectivity index (χ3v) is 1.56. The Balaban J connectivity index is 2.74. The van der Waals surface area contributed by atoms with Crippen LogP contribution in [-0.2, 0) is 9.53 Å². The van der Waals surface area contributed by atoms with Crippen molar-refractivity contribution in [2.75, 3.05) is 12.3 Å². The molecule has 0 aliphatic heterocycles. The molecule has 0 amide bonds. The van der Waals surface area contributed by atoms with E-state index in [-0.39, 0.29) is 11.3 Å². The minimum atomic E-state index is -1.27. The van der Waals surface area contributed by atoms with Crippen LogP contribution in [0.5, 0.6) is 0 Å². The standard InChI is InChI=1S/C9H8FNO4/c10-6-2-1-5(3-7(6)11)9(14)15-4-8(12)13/h1-3H,4,11H2,(H,12,13). The third-order valence-electron chi connectivity index (χ3n) is 1.56. The van der Waals surface area contributed by atoms with E-state index in [1.165, 1.54) is 0 Å². The number of esters is 1. The molecule has 0 saturated heterocycles. The van der Waals surface area contributed by atoms with Gasteiger partial charge < -0.3 is 15.6 Å². The van der Waals surface area contributed by atoms with Gasteiger partial charge in [0.15, 0.2) is 6.61 Å². The summed E-state index contributed by atoms with van der Waals surface area (Å²) < 4.78 is 17.1. The van der Waals surface area contributed by atoms with E-state index in [1.807, 2.05) is 0 Å². The number of ether oxygens (including phenoxy) is 1. The molecule has 0 radical (unpaired) electrons. The summed E-state index contributed by atoms with van der Waals surface area (Å²) in [6.45, 7) is -0.740. The fourth-order valence-corrected chi connectivity index (χ4v) is 0.881. The molecule has 0 atom stereocenters. The van der Waals surface area contributed by atoms with Crippen molar-refractivity contribution in [1.29, 1.82) is 0 Å². The van der Waals surface area contributed by atoms with Crippen LogP contribution in [0.3, 0.4) is 0 Å². The molecule has 1 aromatic rings. The number of hydrogen-bond acceptors (Lipinski definition) is 4. The third kappa shape index (κ3) is 2.94. The van der Waals surface area contributed by atoms with Crippen LogP contribution in [0.2, 0.25) is 0 Å². The first-order valence-electron chi connectivity index (χ1n) is 3.94. The number of rotatable bonds is 3. The van der Waals surface area contributed by atoms with Gasteiger partial charge in [-0.25, -0.2) is 14.0 Å². The summed E-state index contributed by atoms with van der Waals surface area (Å²) in [5.41, 5.74) is 5.03. The molecule has 5 nitrogen and oxygen atoms in total. The first-order valence-corrected chi connectivity index (χ1v) is 3.94. The SMILES string of the molecule is Nc1cc(C(=O)OCC(=O)O)ccc1F. The van der Waals surface area contributed by atoms with Crippen molar-refractivity contribution in [2.24, 2.45) is 0 Å². The lowest BCUT2D eigenvalue weighted by atomic mass is 10.2. The van der Waals surface area contributed by atoms with Crippen LogP contribution >= 0.6 is 0 Å². The van der Waals surface area contributed by atoms with Gasteiger partial charge in [-0.15, -0.1) is 0 Å². The smallest absolute Gasteiger partial charge is 0.341 e. The Morgan fingerprint density at radius 1 is 1.47 bits per heavy atom. The largest absolute Gasteiger partial charge is 0.479 e. The molecule has 1 rings (SSSR count). The molecule has 0 aromatic heterocycles. The van der Waals surface area contributed by atoms with E-state index in [1.54, 1.807) is 0 Å². The summed E-state index contributed by atoms with van der Waals surface area (Å²) in [7, 11) is 0. The van der Waals surface area contributed by atoms with Gasteiger partial charge in [0.05, 0.1) is 11.3 Å². The van der Waals surface area contributed by atoms with Crippen LogP contribution in [0.25, 0.3) is 0 Å². The monoisotopic (exact) mass is 213 g/mol. The summed E-state index contributed by atoms with van der Waals surface area (Å²) in [5, 5.41) is 8.25. The highest BCUT2D eigenvalue weighted by Gasteiger charge is 2.10. The molecule has 15 heavy (non-hydrogen) atoms. The zero-order valence-corrected chi connectivity index (χ0v) is 7.57. The maximum absolute atomic E-state index is 12.7. The zero-order chi connectivity index (χ0) is 11.4. The summed E-state index contributed by atoms with van der Waals surface area (Å²) in [6, 6.07) is 3.25. The van der Waals surface area contributed by atoms with Gasteiger partial charge in [-0.05, 0) is 18.2 Å². The molecule has 6 heteroatoms. The number of carboxylic acid groups (broad SMARTS) is 1. The second-order valence-corrected chi connectivity index (χ2v) is 2.71. The maximum Gasteiger partial charge on any atom is 0.341 e. The lowest BCUT2D eigenvalue weighted by molar-refractivity contribution is -0.140. The molecular formula is C9H8FNO4. The zero-order valence-electron chi connectivity index (χ0n) is 7.57. The molecular weight excluding hydrogens is 205 g/mol. The molecule has 0 saturated carbocycles. The van der Waals surface area contributed by atoms with E-state index >= 15 is 0 Å². The van der Waals surface area contributed by atoms with Gasteiger partial charge in [0, 0.05) is 0 Å². The number of anilines is 1. The van der Waals surface area contributed by atoms with Gasteiger partial charge in [-0.2, -0.15) is 0 Å². The highest BCUT2D eigenvalue weighted by Crippen LogP contribution is 2.12. The van der Waals surface area contributed by atoms with Crippen LogP contribution in [0.4, 0.5) is 10.1 Å². The lowest BCUT2D eigenvalue weighted by Gasteiger charge is -2.03. The van der Waals surface area contributed by atoms with Gasteiger partial charge in [0.25, 0.3) is 0 Å². The number of nitrogens with two attached hydrogens (primary N) is 1. The fraction of sp³-hybridized carbons (Fsp3) is 0.111. The van der Waals surface area contributed by atoms with Gasteiger partial charge >= 0.3 is 11.9 Å². The minimum absolute atomic E-state index is 0.00940.